The Balaban J connectivity index is 2.04. The molecule has 0 N–H and O–H groups in total. The van der Waals surface area contributed by atoms with Crippen LogP contribution in [0, 0.1) is 23.2 Å². The van der Waals surface area contributed by atoms with E-state index in [1.807, 2.05) is 0 Å². The van der Waals surface area contributed by atoms with Gasteiger partial charge >= 0.3 is 0 Å². The van der Waals surface area contributed by atoms with Gasteiger partial charge in [0.2, 0.25) is 0 Å². The number of rotatable bonds is 2. The molecule has 64 valence electrons. The number of thiol groups is 1. The summed E-state index contributed by atoms with van der Waals surface area (Å²) >= 11 is 4.41. The zero-order valence-electron chi connectivity index (χ0n) is 7.51. The minimum absolute atomic E-state index is 0.785. The number of fused-ring (bicyclic) bond motifs is 1. The molecular formula is C10H18S. The average molecular weight is 170 g/mol. The molecule has 0 heterocycles. The molecule has 3 atom stereocenters. The van der Waals surface area contributed by atoms with Gasteiger partial charge in [-0.25, -0.2) is 0 Å². The summed E-state index contributed by atoms with van der Waals surface area (Å²) in [6.07, 6.45) is 4.45. The van der Waals surface area contributed by atoms with Crippen LogP contribution in [0.3, 0.4) is 0 Å². The van der Waals surface area contributed by atoms with E-state index < -0.39 is 0 Å². The first-order valence-corrected chi connectivity index (χ1v) is 5.45. The zero-order valence-corrected chi connectivity index (χ0v) is 8.40. The molecule has 1 heteroatoms. The smallest absolute Gasteiger partial charge is 0.00666 e. The maximum atomic E-state index is 4.41. The Morgan fingerprint density at radius 1 is 1.55 bits per heavy atom. The van der Waals surface area contributed by atoms with Crippen molar-refractivity contribution in [1.29, 1.82) is 0 Å². The normalized spacial score (nSPS) is 48.0. The molecule has 0 aromatic heterocycles. The highest BCUT2D eigenvalue weighted by atomic mass is 32.1. The van der Waals surface area contributed by atoms with Crippen molar-refractivity contribution in [3.63, 3.8) is 0 Å². The third-order valence-electron chi connectivity index (χ3n) is 4.11. The molecule has 0 spiro atoms. The Hall–Kier alpha value is 0.350. The van der Waals surface area contributed by atoms with Crippen molar-refractivity contribution in [2.24, 2.45) is 23.2 Å². The Bertz CT molecular complexity index is 164. The zero-order chi connectivity index (χ0) is 8.06. The van der Waals surface area contributed by atoms with Crippen LogP contribution in [-0.4, -0.2) is 5.75 Å². The van der Waals surface area contributed by atoms with Crippen LogP contribution < -0.4 is 0 Å². The monoisotopic (exact) mass is 170 g/mol. The van der Waals surface area contributed by atoms with Crippen LogP contribution in [0.4, 0.5) is 0 Å². The lowest BCUT2D eigenvalue weighted by atomic mass is 9.90. The molecule has 11 heavy (non-hydrogen) atoms. The second-order valence-corrected chi connectivity index (χ2v) is 5.04. The molecule has 2 saturated carbocycles. The fourth-order valence-electron chi connectivity index (χ4n) is 3.10. The van der Waals surface area contributed by atoms with E-state index in [9.17, 15) is 0 Å². The topological polar surface area (TPSA) is 0 Å². The van der Waals surface area contributed by atoms with Crippen LogP contribution in [0.5, 0.6) is 0 Å². The number of hydrogen-bond donors (Lipinski definition) is 1. The first kappa shape index (κ1) is 7.97. The van der Waals surface area contributed by atoms with E-state index in [0.717, 1.165) is 28.9 Å². The standard InChI is InChI=1S/C10H18S/c1-7(2)10-4-3-8(6-11)9(10)5-10/h7-9,11H,3-6H2,1-2H3/t8-,9+,10+/m1/s1. The molecule has 0 aromatic carbocycles. The Kier molecular flexibility index (Phi) is 1.75. The van der Waals surface area contributed by atoms with Crippen molar-refractivity contribution in [2.45, 2.75) is 33.1 Å². The molecule has 0 saturated heterocycles. The second-order valence-electron chi connectivity index (χ2n) is 4.68. The third-order valence-corrected chi connectivity index (χ3v) is 4.58. The van der Waals surface area contributed by atoms with E-state index in [2.05, 4.69) is 26.5 Å². The molecule has 0 bridgehead atoms. The van der Waals surface area contributed by atoms with Gasteiger partial charge in [-0.1, -0.05) is 13.8 Å². The molecule has 2 aliphatic carbocycles. The lowest BCUT2D eigenvalue weighted by Gasteiger charge is -2.15. The Morgan fingerprint density at radius 3 is 2.55 bits per heavy atom. The lowest BCUT2D eigenvalue weighted by molar-refractivity contribution is 0.342. The van der Waals surface area contributed by atoms with Crippen LogP contribution >= 0.6 is 12.6 Å². The quantitative estimate of drug-likeness (QED) is 0.605. The van der Waals surface area contributed by atoms with Gasteiger partial charge in [0.05, 0.1) is 0 Å². The maximum absolute atomic E-state index is 4.41. The molecule has 0 aromatic rings. The van der Waals surface area contributed by atoms with Gasteiger partial charge < -0.3 is 0 Å². The molecule has 0 unspecified atom stereocenters. The minimum Gasteiger partial charge on any atom is -0.179 e. The highest BCUT2D eigenvalue weighted by Gasteiger charge is 2.61. The van der Waals surface area contributed by atoms with Crippen LogP contribution in [-0.2, 0) is 0 Å². The average Bonchev–Trinajstić information content (AvgIpc) is 2.61. The highest BCUT2D eigenvalue weighted by molar-refractivity contribution is 7.80. The van der Waals surface area contributed by atoms with E-state index >= 15 is 0 Å². The van der Waals surface area contributed by atoms with Gasteiger partial charge in [-0.05, 0) is 48.2 Å². The molecule has 0 aliphatic heterocycles. The van der Waals surface area contributed by atoms with E-state index in [4.69, 9.17) is 0 Å². The van der Waals surface area contributed by atoms with Gasteiger partial charge in [-0.15, -0.1) is 0 Å². The maximum Gasteiger partial charge on any atom is -0.00666 e. The van der Waals surface area contributed by atoms with Crippen molar-refractivity contribution in [3.05, 3.63) is 0 Å². The summed E-state index contributed by atoms with van der Waals surface area (Å²) < 4.78 is 0. The van der Waals surface area contributed by atoms with Crippen molar-refractivity contribution in [2.75, 3.05) is 5.75 Å². The molecule has 2 rings (SSSR count). The molecule has 2 fully saturated rings. The molecule has 0 amide bonds. The second kappa shape index (κ2) is 2.42. The summed E-state index contributed by atoms with van der Waals surface area (Å²) in [6, 6.07) is 0. The predicted molar refractivity (Wildman–Crippen MR) is 52.0 cm³/mol. The molecule has 2 aliphatic rings. The van der Waals surface area contributed by atoms with Crippen molar-refractivity contribution < 1.29 is 0 Å². The fraction of sp³-hybridized carbons (Fsp3) is 1.00. The first-order chi connectivity index (χ1) is 5.20. The summed E-state index contributed by atoms with van der Waals surface area (Å²) in [7, 11) is 0. The Morgan fingerprint density at radius 2 is 2.27 bits per heavy atom. The van der Waals surface area contributed by atoms with Gasteiger partial charge in [-0.2, -0.15) is 12.6 Å². The summed E-state index contributed by atoms with van der Waals surface area (Å²) in [4.78, 5) is 0. The van der Waals surface area contributed by atoms with Crippen LogP contribution in [0.1, 0.15) is 33.1 Å². The summed E-state index contributed by atoms with van der Waals surface area (Å²) in [5.74, 6) is 4.05. The SMILES string of the molecule is CC(C)[C@@]12CC[C@H](CS)[C@@H]1C2. The lowest BCUT2D eigenvalue weighted by Crippen LogP contribution is -2.08. The van der Waals surface area contributed by atoms with Crippen molar-refractivity contribution in [1.82, 2.24) is 0 Å². The van der Waals surface area contributed by atoms with Gasteiger partial charge in [0.25, 0.3) is 0 Å². The van der Waals surface area contributed by atoms with E-state index in [-0.39, 0.29) is 0 Å². The van der Waals surface area contributed by atoms with E-state index in [1.165, 1.54) is 19.3 Å². The van der Waals surface area contributed by atoms with Gasteiger partial charge in [0.15, 0.2) is 0 Å². The molecule has 0 nitrogen and oxygen atoms in total. The van der Waals surface area contributed by atoms with Crippen LogP contribution in [0.2, 0.25) is 0 Å². The fourth-order valence-corrected chi connectivity index (χ4v) is 3.54. The highest BCUT2D eigenvalue weighted by Crippen LogP contribution is 2.69. The summed E-state index contributed by atoms with van der Waals surface area (Å²) in [5.41, 5.74) is 0.785. The molecular weight excluding hydrogens is 152 g/mol. The minimum atomic E-state index is 0.785. The summed E-state index contributed by atoms with van der Waals surface area (Å²) in [6.45, 7) is 4.78. The predicted octanol–water partition coefficient (Wildman–Crippen LogP) is 2.99. The van der Waals surface area contributed by atoms with Crippen molar-refractivity contribution in [3.8, 4) is 0 Å². The molecule has 0 radical (unpaired) electrons. The Labute approximate surface area is 75.2 Å². The van der Waals surface area contributed by atoms with Crippen LogP contribution in [0.25, 0.3) is 0 Å². The first-order valence-electron chi connectivity index (χ1n) is 4.81. The van der Waals surface area contributed by atoms with Crippen molar-refractivity contribution >= 4 is 12.6 Å². The van der Waals surface area contributed by atoms with E-state index in [0.29, 0.717) is 0 Å². The number of hydrogen-bond acceptors (Lipinski definition) is 1. The van der Waals surface area contributed by atoms with Crippen LogP contribution in [0.15, 0.2) is 0 Å². The van der Waals surface area contributed by atoms with Gasteiger partial charge in [0.1, 0.15) is 0 Å². The third kappa shape index (κ3) is 0.965. The van der Waals surface area contributed by atoms with E-state index in [1.54, 1.807) is 0 Å². The largest absolute Gasteiger partial charge is 0.179 e. The van der Waals surface area contributed by atoms with Gasteiger partial charge in [-0.3, -0.25) is 0 Å². The summed E-state index contributed by atoms with van der Waals surface area (Å²) in [5, 5.41) is 0. The van der Waals surface area contributed by atoms with Gasteiger partial charge in [0, 0.05) is 0 Å².